The quantitative estimate of drug-likeness (QED) is 0.378. The molecule has 0 aliphatic heterocycles. The number of fused-ring (bicyclic) bond motifs is 1. The topological polar surface area (TPSA) is 55.6 Å². The van der Waals surface area contributed by atoms with E-state index < -0.39 is 0 Å². The number of hydrogen-bond acceptors (Lipinski definition) is 3. The van der Waals surface area contributed by atoms with Crippen LogP contribution in [-0.2, 0) is 11.4 Å². The van der Waals surface area contributed by atoms with Crippen LogP contribution in [0.2, 0.25) is 0 Å². The Hall–Kier alpha value is -3.67. The van der Waals surface area contributed by atoms with Crippen molar-refractivity contribution in [1.82, 2.24) is 14.7 Å². The van der Waals surface area contributed by atoms with Crippen molar-refractivity contribution < 1.29 is 13.9 Å². The molecular weight excluding hydrogens is 417 g/mol. The molecule has 1 atom stereocenters. The van der Waals surface area contributed by atoms with E-state index in [4.69, 9.17) is 4.74 Å². The van der Waals surface area contributed by atoms with Gasteiger partial charge in [-0.05, 0) is 41.3 Å². The van der Waals surface area contributed by atoms with Gasteiger partial charge in [-0.3, -0.25) is 4.79 Å². The normalized spacial score (nSPS) is 12.1. The molecule has 0 radical (unpaired) electrons. The van der Waals surface area contributed by atoms with Crippen molar-refractivity contribution in [3.05, 3.63) is 102 Å². The molecule has 2 aromatic carbocycles. The average Bonchev–Trinajstić information content (AvgIpc) is 3.25. The second-order valence-electron chi connectivity index (χ2n) is 8.53. The molecule has 0 saturated heterocycles. The first-order chi connectivity index (χ1) is 16.0. The van der Waals surface area contributed by atoms with Crippen molar-refractivity contribution in [2.45, 2.75) is 32.8 Å². The van der Waals surface area contributed by atoms with Crippen LogP contribution in [0.3, 0.4) is 0 Å². The Morgan fingerprint density at radius 2 is 1.91 bits per heavy atom. The summed E-state index contributed by atoms with van der Waals surface area (Å²) in [6.07, 6.45) is 3.83. The Labute approximate surface area is 193 Å². The monoisotopic (exact) mass is 445 g/mol. The maximum Gasteiger partial charge on any atom is 0.221 e. The first kappa shape index (κ1) is 22.5. The van der Waals surface area contributed by atoms with E-state index in [-0.39, 0.29) is 24.1 Å². The maximum absolute atomic E-state index is 14.1. The van der Waals surface area contributed by atoms with Crippen LogP contribution < -0.4 is 10.1 Å². The lowest BCUT2D eigenvalue weighted by Crippen LogP contribution is -2.29. The highest BCUT2D eigenvalue weighted by molar-refractivity contribution is 5.77. The minimum atomic E-state index is -0.354. The van der Waals surface area contributed by atoms with Crippen molar-refractivity contribution in [2.24, 2.45) is 5.92 Å². The van der Waals surface area contributed by atoms with Crippen molar-refractivity contribution in [3.63, 3.8) is 0 Å². The van der Waals surface area contributed by atoms with E-state index in [2.05, 4.69) is 10.3 Å². The summed E-state index contributed by atoms with van der Waals surface area (Å²) in [5.41, 5.74) is 3.26. The van der Waals surface area contributed by atoms with Crippen LogP contribution in [0.1, 0.15) is 43.0 Å². The number of carbonyl (C=O) groups is 1. The van der Waals surface area contributed by atoms with Crippen LogP contribution in [0.4, 0.5) is 4.39 Å². The summed E-state index contributed by atoms with van der Waals surface area (Å²) in [5, 5.41) is 2.97. The van der Waals surface area contributed by atoms with E-state index in [0.29, 0.717) is 30.5 Å². The summed E-state index contributed by atoms with van der Waals surface area (Å²) in [4.78, 5) is 17.3. The van der Waals surface area contributed by atoms with Crippen LogP contribution in [0.15, 0.2) is 79.1 Å². The molecule has 6 heteroatoms. The molecule has 0 bridgehead atoms. The zero-order valence-electron chi connectivity index (χ0n) is 18.9. The number of halogens is 1. The molecule has 0 aliphatic rings. The fourth-order valence-corrected chi connectivity index (χ4v) is 3.80. The maximum atomic E-state index is 14.1. The van der Waals surface area contributed by atoms with Gasteiger partial charge in [-0.25, -0.2) is 9.37 Å². The second kappa shape index (κ2) is 10.3. The van der Waals surface area contributed by atoms with E-state index in [0.717, 1.165) is 16.8 Å². The lowest BCUT2D eigenvalue weighted by atomic mass is 9.92. The number of rotatable bonds is 9. The molecule has 5 nitrogen and oxygen atoms in total. The van der Waals surface area contributed by atoms with Crippen molar-refractivity contribution in [2.75, 3.05) is 6.54 Å². The number of ether oxygens (including phenoxy) is 1. The van der Waals surface area contributed by atoms with E-state index in [1.54, 1.807) is 12.3 Å². The molecule has 2 aromatic heterocycles. The lowest BCUT2D eigenvalue weighted by Gasteiger charge is -2.18. The Bertz CT molecular complexity index is 1220. The van der Waals surface area contributed by atoms with Gasteiger partial charge in [0.15, 0.2) is 11.4 Å². The number of nitrogens with one attached hydrogen (secondary N) is 1. The van der Waals surface area contributed by atoms with Crippen LogP contribution in [0.25, 0.3) is 5.65 Å². The predicted molar refractivity (Wildman–Crippen MR) is 127 cm³/mol. The summed E-state index contributed by atoms with van der Waals surface area (Å²) >= 11 is 0. The summed E-state index contributed by atoms with van der Waals surface area (Å²) in [6, 6.07) is 20.1. The third-order valence-corrected chi connectivity index (χ3v) is 5.47. The molecule has 4 rings (SSSR count). The molecule has 1 unspecified atom stereocenters. The van der Waals surface area contributed by atoms with E-state index in [1.807, 2.05) is 73.0 Å². The van der Waals surface area contributed by atoms with Gasteiger partial charge >= 0.3 is 0 Å². The van der Waals surface area contributed by atoms with Gasteiger partial charge in [0.05, 0.1) is 5.69 Å². The predicted octanol–water partition coefficient (Wildman–Crippen LogP) is 5.35. The second-order valence-corrected chi connectivity index (χ2v) is 8.53. The van der Waals surface area contributed by atoms with Crippen LogP contribution >= 0.6 is 0 Å². The highest BCUT2D eigenvalue weighted by atomic mass is 19.1. The third kappa shape index (κ3) is 5.58. The Balaban J connectivity index is 1.65. The van der Waals surface area contributed by atoms with Gasteiger partial charge in [-0.2, -0.15) is 0 Å². The van der Waals surface area contributed by atoms with Gasteiger partial charge in [-0.15, -0.1) is 0 Å². The lowest BCUT2D eigenvalue weighted by molar-refractivity contribution is -0.121. The molecule has 0 saturated carbocycles. The number of carbonyl (C=O) groups excluding carboxylic acids is 1. The largest absolute Gasteiger partial charge is 0.485 e. The van der Waals surface area contributed by atoms with Crippen molar-refractivity contribution in [1.29, 1.82) is 0 Å². The molecule has 4 aromatic rings. The average molecular weight is 446 g/mol. The van der Waals surface area contributed by atoms with Gasteiger partial charge in [-0.1, -0.05) is 56.3 Å². The Morgan fingerprint density at radius 3 is 2.67 bits per heavy atom. The van der Waals surface area contributed by atoms with Crippen LogP contribution in [-0.4, -0.2) is 21.8 Å². The van der Waals surface area contributed by atoms with Gasteiger partial charge in [0.2, 0.25) is 5.91 Å². The summed E-state index contributed by atoms with van der Waals surface area (Å²) in [7, 11) is 0. The SMILES string of the molecule is CC(C)CNC(=O)CC(c1cccc(F)c1)c1cnc2c(OCc3ccccc3)cccn12. The standard InChI is InChI=1S/C27H28FN3O2/c1-19(2)16-29-26(32)15-23(21-10-6-11-22(28)14-21)24-17-30-27-25(12-7-13-31(24)27)33-18-20-8-4-3-5-9-20/h3-14,17,19,23H,15-16,18H2,1-2H3,(H,29,32). The highest BCUT2D eigenvalue weighted by Gasteiger charge is 2.23. The number of nitrogens with zero attached hydrogens (tertiary/aromatic N) is 2. The first-order valence-electron chi connectivity index (χ1n) is 11.2. The summed E-state index contributed by atoms with van der Waals surface area (Å²) in [5.74, 6) is 0.231. The van der Waals surface area contributed by atoms with Crippen LogP contribution in [0, 0.1) is 11.7 Å². The molecule has 2 heterocycles. The third-order valence-electron chi connectivity index (χ3n) is 5.47. The molecule has 33 heavy (non-hydrogen) atoms. The molecule has 0 spiro atoms. The van der Waals surface area contributed by atoms with Crippen molar-refractivity contribution in [3.8, 4) is 5.75 Å². The minimum absolute atomic E-state index is 0.0793. The number of aromatic nitrogens is 2. The number of benzene rings is 2. The fraction of sp³-hybridized carbons (Fsp3) is 0.259. The van der Waals surface area contributed by atoms with E-state index in [1.165, 1.54) is 12.1 Å². The van der Waals surface area contributed by atoms with E-state index >= 15 is 0 Å². The van der Waals surface area contributed by atoms with Gasteiger partial charge < -0.3 is 14.5 Å². The highest BCUT2D eigenvalue weighted by Crippen LogP contribution is 2.31. The molecule has 0 fully saturated rings. The molecule has 0 aliphatic carbocycles. The number of pyridine rings is 1. The molecular formula is C27H28FN3O2. The summed E-state index contributed by atoms with van der Waals surface area (Å²) < 4.78 is 22.0. The molecule has 1 N–H and O–H groups in total. The van der Waals surface area contributed by atoms with Crippen LogP contribution in [0.5, 0.6) is 5.75 Å². The number of imidazole rings is 1. The van der Waals surface area contributed by atoms with Crippen molar-refractivity contribution >= 4 is 11.6 Å². The fourth-order valence-electron chi connectivity index (χ4n) is 3.80. The molecule has 170 valence electrons. The van der Waals surface area contributed by atoms with Gasteiger partial charge in [0.1, 0.15) is 12.4 Å². The zero-order chi connectivity index (χ0) is 23.2. The molecule has 1 amide bonds. The Kier molecular flexibility index (Phi) is 7.03. The number of amides is 1. The first-order valence-corrected chi connectivity index (χ1v) is 11.2. The zero-order valence-corrected chi connectivity index (χ0v) is 18.9. The number of hydrogen-bond donors (Lipinski definition) is 1. The van der Waals surface area contributed by atoms with Gasteiger partial charge in [0.25, 0.3) is 0 Å². The summed E-state index contributed by atoms with van der Waals surface area (Å²) in [6.45, 7) is 5.12. The minimum Gasteiger partial charge on any atom is -0.485 e. The smallest absolute Gasteiger partial charge is 0.221 e. The van der Waals surface area contributed by atoms with E-state index in [9.17, 15) is 9.18 Å². The van der Waals surface area contributed by atoms with Gasteiger partial charge in [0, 0.05) is 31.3 Å². The Morgan fingerprint density at radius 1 is 1.09 bits per heavy atom.